The molecule has 4 heteroatoms. The molecule has 0 spiro atoms. The Labute approximate surface area is 191 Å². The van der Waals surface area contributed by atoms with Crippen LogP contribution < -0.4 is 4.74 Å². The molecular weight excluding hydrogens is 396 g/mol. The van der Waals surface area contributed by atoms with Crippen molar-refractivity contribution in [1.29, 1.82) is 0 Å². The minimum Gasteiger partial charge on any atom is -0.497 e. The van der Waals surface area contributed by atoms with Gasteiger partial charge in [0.15, 0.2) is 0 Å². The van der Waals surface area contributed by atoms with Crippen LogP contribution in [-0.4, -0.2) is 48.3 Å². The van der Waals surface area contributed by atoms with E-state index in [2.05, 4.69) is 33.9 Å². The van der Waals surface area contributed by atoms with Gasteiger partial charge in [-0.1, -0.05) is 30.0 Å². The molecule has 4 nitrogen and oxygen atoms in total. The first-order valence-corrected chi connectivity index (χ1v) is 11.6. The summed E-state index contributed by atoms with van der Waals surface area (Å²) in [5.41, 5.74) is 3.40. The fraction of sp³-hybridized carbons (Fsp3) is 0.393. The Morgan fingerprint density at radius 3 is 2.81 bits per heavy atom. The number of aliphatic hydroxyl groups excluding tert-OH is 1. The zero-order valence-electron chi connectivity index (χ0n) is 18.8. The van der Waals surface area contributed by atoms with Gasteiger partial charge in [-0.25, -0.2) is 0 Å². The molecule has 1 aliphatic rings. The third-order valence-electron chi connectivity index (χ3n) is 6.58. The minimum absolute atomic E-state index is 0.253. The normalized spacial score (nSPS) is 18.8. The van der Waals surface area contributed by atoms with E-state index in [1.807, 2.05) is 48.7 Å². The second kappa shape index (κ2) is 11.1. The Morgan fingerprint density at radius 1 is 1.12 bits per heavy atom. The smallest absolute Gasteiger partial charge is 0.119 e. The van der Waals surface area contributed by atoms with Gasteiger partial charge in [-0.05, 0) is 86.0 Å². The Kier molecular flexibility index (Phi) is 7.77. The number of rotatable bonds is 7. The lowest BCUT2D eigenvalue weighted by atomic mass is 9.82. The zero-order valence-corrected chi connectivity index (χ0v) is 18.8. The number of ether oxygens (including phenoxy) is 1. The third kappa shape index (κ3) is 5.68. The maximum absolute atomic E-state index is 10.0. The van der Waals surface area contributed by atoms with Gasteiger partial charge in [0.1, 0.15) is 5.75 Å². The van der Waals surface area contributed by atoms with Crippen LogP contribution >= 0.6 is 0 Å². The number of methoxy groups -OCH3 is 1. The molecule has 2 atom stereocenters. The monoisotopic (exact) mass is 428 g/mol. The lowest BCUT2D eigenvalue weighted by Gasteiger charge is -2.37. The average Bonchev–Trinajstić information content (AvgIpc) is 2.85. The number of benzene rings is 2. The van der Waals surface area contributed by atoms with Crippen molar-refractivity contribution in [2.24, 2.45) is 11.8 Å². The summed E-state index contributed by atoms with van der Waals surface area (Å²) in [5, 5.41) is 11.2. The van der Waals surface area contributed by atoms with Crippen LogP contribution in [0.4, 0.5) is 0 Å². The highest BCUT2D eigenvalue weighted by Crippen LogP contribution is 2.29. The van der Waals surface area contributed by atoms with Crippen LogP contribution in [0.15, 0.2) is 60.8 Å². The quantitative estimate of drug-likeness (QED) is 0.561. The molecule has 166 valence electrons. The Morgan fingerprint density at radius 2 is 2.00 bits per heavy atom. The number of likely N-dealkylation sites (tertiary alicyclic amines) is 1. The Hall–Kier alpha value is -2.87. The first kappa shape index (κ1) is 22.3. The van der Waals surface area contributed by atoms with Crippen molar-refractivity contribution >= 4 is 10.9 Å². The summed E-state index contributed by atoms with van der Waals surface area (Å²) in [4.78, 5) is 6.87. The lowest BCUT2D eigenvalue weighted by molar-refractivity contribution is 0.0748. The van der Waals surface area contributed by atoms with Crippen LogP contribution in [0.1, 0.15) is 30.4 Å². The second-order valence-corrected chi connectivity index (χ2v) is 8.64. The fourth-order valence-corrected chi connectivity index (χ4v) is 4.74. The highest BCUT2D eigenvalue weighted by Gasteiger charge is 2.28. The first-order chi connectivity index (χ1) is 15.8. The second-order valence-electron chi connectivity index (χ2n) is 8.64. The van der Waals surface area contributed by atoms with E-state index in [-0.39, 0.29) is 6.61 Å². The largest absolute Gasteiger partial charge is 0.497 e. The van der Waals surface area contributed by atoms with Crippen molar-refractivity contribution in [3.8, 4) is 17.6 Å². The summed E-state index contributed by atoms with van der Waals surface area (Å²) in [7, 11) is 1.70. The third-order valence-corrected chi connectivity index (χ3v) is 6.58. The molecule has 32 heavy (non-hydrogen) atoms. The van der Waals surface area contributed by atoms with Crippen molar-refractivity contribution in [2.75, 3.05) is 33.4 Å². The molecule has 0 radical (unpaired) electrons. The molecule has 2 heterocycles. The maximum atomic E-state index is 10.0. The summed E-state index contributed by atoms with van der Waals surface area (Å²) in [6.45, 7) is 3.01. The van der Waals surface area contributed by atoms with E-state index < -0.39 is 0 Å². The molecule has 1 saturated heterocycles. The number of piperidine rings is 1. The summed E-state index contributed by atoms with van der Waals surface area (Å²) in [6, 6.07) is 18.3. The van der Waals surface area contributed by atoms with E-state index >= 15 is 0 Å². The van der Waals surface area contributed by atoms with Crippen molar-refractivity contribution < 1.29 is 9.84 Å². The van der Waals surface area contributed by atoms with E-state index in [9.17, 15) is 5.11 Å². The molecule has 1 fully saturated rings. The molecule has 1 aliphatic heterocycles. The Balaban J connectivity index is 1.30. The number of fused-ring (bicyclic) bond motifs is 1. The molecule has 2 aromatic carbocycles. The van der Waals surface area contributed by atoms with E-state index in [0.29, 0.717) is 11.8 Å². The van der Waals surface area contributed by atoms with Crippen molar-refractivity contribution in [2.45, 2.75) is 25.7 Å². The van der Waals surface area contributed by atoms with Crippen molar-refractivity contribution in [1.82, 2.24) is 9.88 Å². The zero-order chi connectivity index (χ0) is 22.2. The number of hydrogen-bond acceptors (Lipinski definition) is 4. The summed E-state index contributed by atoms with van der Waals surface area (Å²) >= 11 is 0. The molecule has 0 unspecified atom stereocenters. The van der Waals surface area contributed by atoms with Gasteiger partial charge < -0.3 is 9.84 Å². The lowest BCUT2D eigenvalue weighted by Crippen LogP contribution is -2.42. The summed E-state index contributed by atoms with van der Waals surface area (Å²) < 4.78 is 5.40. The number of hydrogen-bond donors (Lipinski definition) is 1. The topological polar surface area (TPSA) is 45.6 Å². The van der Waals surface area contributed by atoms with Crippen LogP contribution in [0.3, 0.4) is 0 Å². The van der Waals surface area contributed by atoms with Crippen LogP contribution in [0.2, 0.25) is 0 Å². The van der Waals surface area contributed by atoms with Gasteiger partial charge >= 0.3 is 0 Å². The first-order valence-electron chi connectivity index (χ1n) is 11.6. The molecule has 0 saturated carbocycles. The van der Waals surface area contributed by atoms with Crippen molar-refractivity contribution in [3.63, 3.8) is 0 Å². The van der Waals surface area contributed by atoms with Crippen LogP contribution in [0.5, 0.6) is 5.75 Å². The predicted molar refractivity (Wildman–Crippen MR) is 130 cm³/mol. The molecule has 3 aromatic rings. The standard InChI is InChI=1S/C28H32N2O2/c1-32-26-12-13-28-27(19-26)24(14-16-29-28)11-5-10-23-15-18-30(20-25(23)21-31)17-6-9-22-7-3-2-4-8-22/h2-4,7-8,12-14,16,19,23,25,31H,5,10-11,15,17-18,20-21H2,1H3/t23-,25-/m1/s1. The van der Waals surface area contributed by atoms with Gasteiger partial charge in [0.05, 0.1) is 19.2 Å². The maximum Gasteiger partial charge on any atom is 0.119 e. The number of aliphatic hydroxyl groups is 1. The molecular formula is C28H32N2O2. The molecule has 4 rings (SSSR count). The average molecular weight is 429 g/mol. The molecule has 1 N–H and O–H groups in total. The van der Waals surface area contributed by atoms with E-state index in [0.717, 1.165) is 62.1 Å². The predicted octanol–water partition coefficient (Wildman–Crippen LogP) is 4.55. The molecule has 0 amide bonds. The fourth-order valence-electron chi connectivity index (χ4n) is 4.74. The highest BCUT2D eigenvalue weighted by molar-refractivity contribution is 5.83. The van der Waals surface area contributed by atoms with Crippen LogP contribution in [0.25, 0.3) is 10.9 Å². The number of aryl methyl sites for hydroxylation is 1. The Bertz CT molecular complexity index is 1070. The summed E-state index contributed by atoms with van der Waals surface area (Å²) in [6.07, 6.45) is 6.31. The van der Waals surface area contributed by atoms with Gasteiger partial charge in [-0.2, -0.15) is 0 Å². The van der Waals surface area contributed by atoms with E-state index in [1.165, 1.54) is 10.9 Å². The van der Waals surface area contributed by atoms with E-state index in [4.69, 9.17) is 4.74 Å². The van der Waals surface area contributed by atoms with Gasteiger partial charge in [-0.3, -0.25) is 9.88 Å². The van der Waals surface area contributed by atoms with E-state index in [1.54, 1.807) is 7.11 Å². The molecule has 1 aromatic heterocycles. The molecule has 0 bridgehead atoms. The SMILES string of the molecule is COc1ccc2nccc(CCC[C@@H]3CCN(CC#Cc4ccccc4)C[C@@H]3CO)c2c1. The van der Waals surface area contributed by atoms with Gasteiger partial charge in [0.2, 0.25) is 0 Å². The van der Waals surface area contributed by atoms with Gasteiger partial charge in [0, 0.05) is 30.3 Å². The van der Waals surface area contributed by atoms with Crippen LogP contribution in [0, 0.1) is 23.7 Å². The summed E-state index contributed by atoms with van der Waals surface area (Å²) in [5.74, 6) is 8.31. The van der Waals surface area contributed by atoms with Crippen molar-refractivity contribution in [3.05, 3.63) is 71.9 Å². The highest BCUT2D eigenvalue weighted by atomic mass is 16.5. The molecule has 0 aliphatic carbocycles. The number of pyridine rings is 1. The number of nitrogens with zero attached hydrogens (tertiary/aromatic N) is 2. The number of aromatic nitrogens is 1. The minimum atomic E-state index is 0.253. The van der Waals surface area contributed by atoms with Gasteiger partial charge in [0.25, 0.3) is 0 Å². The van der Waals surface area contributed by atoms with Gasteiger partial charge in [-0.15, -0.1) is 0 Å². The van der Waals surface area contributed by atoms with Crippen LogP contribution in [-0.2, 0) is 6.42 Å².